The number of rotatable bonds is 4. The molecule has 5 nitrogen and oxygen atoms in total. The molecule has 1 aliphatic heterocycles. The molecule has 1 atom stereocenters. The average molecular weight is 393 g/mol. The zero-order valence-electron chi connectivity index (χ0n) is 14.5. The van der Waals surface area contributed by atoms with Gasteiger partial charge in [0.25, 0.3) is 5.91 Å². The first-order chi connectivity index (χ1) is 12.4. The molecular weight excluding hydrogens is 372 g/mol. The second-order valence-electron chi connectivity index (χ2n) is 6.37. The van der Waals surface area contributed by atoms with Crippen molar-refractivity contribution in [3.8, 4) is 0 Å². The van der Waals surface area contributed by atoms with Gasteiger partial charge in [-0.1, -0.05) is 41.9 Å². The Morgan fingerprint density at radius 2 is 1.88 bits per heavy atom. The molecule has 0 radical (unpaired) electrons. The third-order valence-electron chi connectivity index (χ3n) is 4.47. The Balaban J connectivity index is 1.84. The maximum atomic E-state index is 12.6. The monoisotopic (exact) mass is 392 g/mol. The summed E-state index contributed by atoms with van der Waals surface area (Å²) < 4.78 is 26.0. The zero-order chi connectivity index (χ0) is 18.7. The molecule has 1 saturated heterocycles. The van der Waals surface area contributed by atoms with E-state index >= 15 is 0 Å². The van der Waals surface area contributed by atoms with Gasteiger partial charge in [-0.3, -0.25) is 9.10 Å². The summed E-state index contributed by atoms with van der Waals surface area (Å²) in [5.41, 5.74) is 1.74. The van der Waals surface area contributed by atoms with E-state index in [4.69, 9.17) is 11.6 Å². The van der Waals surface area contributed by atoms with Crippen LogP contribution in [0.3, 0.4) is 0 Å². The summed E-state index contributed by atoms with van der Waals surface area (Å²) in [5, 5.41) is 3.26. The predicted molar refractivity (Wildman–Crippen MR) is 104 cm³/mol. The zero-order valence-corrected chi connectivity index (χ0v) is 16.1. The number of amides is 1. The largest absolute Gasteiger partial charge is 0.346 e. The number of carbonyl (C=O) groups is 1. The molecule has 0 bridgehead atoms. The van der Waals surface area contributed by atoms with E-state index in [1.165, 1.54) is 4.31 Å². The van der Waals surface area contributed by atoms with Crippen LogP contribution in [0, 0.1) is 0 Å². The molecule has 0 aromatic heterocycles. The first-order valence-electron chi connectivity index (χ1n) is 8.54. The second-order valence-corrected chi connectivity index (χ2v) is 8.79. The molecule has 2 aromatic rings. The fraction of sp³-hybridized carbons (Fsp3) is 0.316. The first kappa shape index (κ1) is 18.7. The highest BCUT2D eigenvalue weighted by molar-refractivity contribution is 7.92. The fourth-order valence-electron chi connectivity index (χ4n) is 3.01. The highest BCUT2D eigenvalue weighted by Crippen LogP contribution is 2.31. The number of carbonyl (C=O) groups excluding carboxylic acids is 1. The lowest BCUT2D eigenvalue weighted by Crippen LogP contribution is -2.38. The third kappa shape index (κ3) is 4.02. The molecule has 1 N–H and O–H groups in total. The van der Waals surface area contributed by atoms with Crippen molar-refractivity contribution in [2.24, 2.45) is 0 Å². The summed E-state index contributed by atoms with van der Waals surface area (Å²) in [6.45, 7) is 2.28. The van der Waals surface area contributed by atoms with Crippen molar-refractivity contribution in [3.63, 3.8) is 0 Å². The van der Waals surface area contributed by atoms with Crippen LogP contribution in [0.1, 0.15) is 41.7 Å². The number of nitrogens with one attached hydrogen (secondary N) is 1. The number of halogens is 1. The second kappa shape index (κ2) is 7.68. The molecule has 1 fully saturated rings. The number of hydrogen-bond donors (Lipinski definition) is 1. The SMILES string of the molecule is C[C@H](NC(=O)c1ccc(Cl)c(N2CCCCS2(=O)=O)c1)c1ccccc1. The Bertz CT molecular complexity index is 900. The standard InChI is InChI=1S/C19H21ClN2O3S/c1-14(15-7-3-2-4-8-15)21-19(23)16-9-10-17(20)18(13-16)22-11-5-6-12-26(22,24)25/h2-4,7-10,13-14H,5-6,11-12H2,1H3,(H,21,23)/t14-/m0/s1. The van der Waals surface area contributed by atoms with Crippen LogP contribution in [0.2, 0.25) is 5.02 Å². The molecule has 1 aliphatic rings. The molecule has 26 heavy (non-hydrogen) atoms. The van der Waals surface area contributed by atoms with Crippen LogP contribution in [-0.2, 0) is 10.0 Å². The molecule has 0 saturated carbocycles. The molecule has 0 spiro atoms. The minimum Gasteiger partial charge on any atom is -0.346 e. The van der Waals surface area contributed by atoms with Crippen molar-refractivity contribution in [2.45, 2.75) is 25.8 Å². The van der Waals surface area contributed by atoms with Gasteiger partial charge in [0, 0.05) is 12.1 Å². The van der Waals surface area contributed by atoms with Gasteiger partial charge in [0.1, 0.15) is 0 Å². The van der Waals surface area contributed by atoms with E-state index < -0.39 is 10.0 Å². The topological polar surface area (TPSA) is 66.5 Å². The van der Waals surface area contributed by atoms with Crippen LogP contribution in [0.25, 0.3) is 0 Å². The summed E-state index contributed by atoms with van der Waals surface area (Å²) in [7, 11) is -3.39. The Kier molecular flexibility index (Phi) is 5.53. The van der Waals surface area contributed by atoms with Crippen LogP contribution in [0.5, 0.6) is 0 Å². The van der Waals surface area contributed by atoms with Gasteiger partial charge in [0.15, 0.2) is 0 Å². The Morgan fingerprint density at radius 1 is 1.15 bits per heavy atom. The fourth-order valence-corrected chi connectivity index (χ4v) is 4.93. The molecule has 1 heterocycles. The number of benzene rings is 2. The third-order valence-corrected chi connectivity index (χ3v) is 6.65. The van der Waals surface area contributed by atoms with Gasteiger partial charge in [0.05, 0.1) is 22.5 Å². The minimum atomic E-state index is -3.39. The van der Waals surface area contributed by atoms with Crippen molar-refractivity contribution in [3.05, 3.63) is 64.7 Å². The summed E-state index contributed by atoms with van der Waals surface area (Å²) in [5.74, 6) is -0.168. The van der Waals surface area contributed by atoms with E-state index in [0.29, 0.717) is 29.2 Å². The molecule has 0 aliphatic carbocycles. The predicted octanol–water partition coefficient (Wildman–Crippen LogP) is 3.76. The normalized spacial score (nSPS) is 17.5. The van der Waals surface area contributed by atoms with Gasteiger partial charge in [0.2, 0.25) is 10.0 Å². The molecule has 2 aromatic carbocycles. The maximum absolute atomic E-state index is 12.6. The number of anilines is 1. The Morgan fingerprint density at radius 3 is 2.58 bits per heavy atom. The smallest absolute Gasteiger partial charge is 0.251 e. The summed E-state index contributed by atoms with van der Waals surface area (Å²) >= 11 is 6.23. The molecular formula is C19H21ClN2O3S. The minimum absolute atomic E-state index is 0.102. The van der Waals surface area contributed by atoms with Gasteiger partial charge < -0.3 is 5.32 Å². The molecule has 3 rings (SSSR count). The Hall–Kier alpha value is -2.05. The molecule has 7 heteroatoms. The Labute approximate surface area is 159 Å². The van der Waals surface area contributed by atoms with Crippen LogP contribution in [-0.4, -0.2) is 26.6 Å². The lowest BCUT2D eigenvalue weighted by molar-refractivity contribution is 0.0940. The lowest BCUT2D eigenvalue weighted by Gasteiger charge is -2.29. The summed E-state index contributed by atoms with van der Waals surface area (Å²) in [6.07, 6.45) is 1.42. The van der Waals surface area contributed by atoms with E-state index in [-0.39, 0.29) is 17.7 Å². The maximum Gasteiger partial charge on any atom is 0.251 e. The van der Waals surface area contributed by atoms with Crippen molar-refractivity contribution < 1.29 is 13.2 Å². The van der Waals surface area contributed by atoms with Gasteiger partial charge in [-0.15, -0.1) is 0 Å². The molecule has 138 valence electrons. The molecule has 1 amide bonds. The van der Waals surface area contributed by atoms with Crippen molar-refractivity contribution in [1.82, 2.24) is 5.32 Å². The van der Waals surface area contributed by atoms with Crippen LogP contribution in [0.4, 0.5) is 5.69 Å². The quantitative estimate of drug-likeness (QED) is 0.861. The van der Waals surface area contributed by atoms with Gasteiger partial charge in [-0.2, -0.15) is 0 Å². The van der Waals surface area contributed by atoms with Crippen LogP contribution < -0.4 is 9.62 Å². The van der Waals surface area contributed by atoms with Crippen molar-refractivity contribution in [1.29, 1.82) is 0 Å². The highest BCUT2D eigenvalue weighted by Gasteiger charge is 2.28. The summed E-state index contributed by atoms with van der Waals surface area (Å²) in [6, 6.07) is 14.2. The number of nitrogens with zero attached hydrogens (tertiary/aromatic N) is 1. The van der Waals surface area contributed by atoms with Crippen molar-refractivity contribution >= 4 is 33.2 Å². The van der Waals surface area contributed by atoms with E-state index in [2.05, 4.69) is 5.32 Å². The van der Waals surface area contributed by atoms with E-state index in [0.717, 1.165) is 12.0 Å². The van der Waals surface area contributed by atoms with Gasteiger partial charge in [-0.05, 0) is 43.5 Å². The number of hydrogen-bond acceptors (Lipinski definition) is 3. The van der Waals surface area contributed by atoms with Crippen LogP contribution in [0.15, 0.2) is 48.5 Å². The van der Waals surface area contributed by atoms with E-state index in [1.807, 2.05) is 37.3 Å². The van der Waals surface area contributed by atoms with Crippen molar-refractivity contribution in [2.75, 3.05) is 16.6 Å². The van der Waals surface area contributed by atoms with Crippen LogP contribution >= 0.6 is 11.6 Å². The number of sulfonamides is 1. The molecule has 0 unspecified atom stereocenters. The first-order valence-corrected chi connectivity index (χ1v) is 10.5. The highest BCUT2D eigenvalue weighted by atomic mass is 35.5. The lowest BCUT2D eigenvalue weighted by atomic mass is 10.1. The summed E-state index contributed by atoms with van der Waals surface area (Å²) in [4.78, 5) is 12.6. The average Bonchev–Trinajstić information content (AvgIpc) is 2.63. The van der Waals surface area contributed by atoms with Gasteiger partial charge in [-0.25, -0.2) is 8.42 Å². The van der Waals surface area contributed by atoms with E-state index in [1.54, 1.807) is 18.2 Å². The van der Waals surface area contributed by atoms with Gasteiger partial charge >= 0.3 is 0 Å². The van der Waals surface area contributed by atoms with E-state index in [9.17, 15) is 13.2 Å².